The molecule has 2 N–H and O–H groups in total. The summed E-state index contributed by atoms with van der Waals surface area (Å²) in [7, 11) is 1.25. The number of rotatable bonds is 5. The quantitative estimate of drug-likeness (QED) is 0.364. The minimum atomic E-state index is -0.695. The molecule has 0 atom stereocenters. The summed E-state index contributed by atoms with van der Waals surface area (Å²) in [5.74, 6) is -1.53. The highest BCUT2D eigenvalue weighted by atomic mass is 16.5. The van der Waals surface area contributed by atoms with E-state index < -0.39 is 17.8 Å². The number of carbonyl (C=O) groups is 3. The Bertz CT molecular complexity index is 1250. The van der Waals surface area contributed by atoms with Crippen LogP contribution in [-0.2, 0) is 4.74 Å². The summed E-state index contributed by atoms with van der Waals surface area (Å²) in [5.41, 5.74) is 6.51. The first kappa shape index (κ1) is 21.4. The molecular weight excluding hydrogens is 422 g/mol. The number of carbonyl (C=O) groups excluding carboxylic acids is 3. The molecule has 3 aromatic carbocycles. The molecule has 4 rings (SSSR count). The molecule has 0 saturated heterocycles. The van der Waals surface area contributed by atoms with Crippen molar-refractivity contribution in [1.29, 1.82) is 0 Å². The second kappa shape index (κ2) is 9.56. The van der Waals surface area contributed by atoms with Crippen molar-refractivity contribution in [3.8, 4) is 17.1 Å². The molecule has 0 aliphatic carbocycles. The smallest absolute Gasteiger partial charge is 0.337 e. The Hall–Kier alpha value is -4.79. The molecule has 33 heavy (non-hydrogen) atoms. The van der Waals surface area contributed by atoms with Crippen molar-refractivity contribution < 1.29 is 19.1 Å². The van der Waals surface area contributed by atoms with Crippen LogP contribution in [0.3, 0.4) is 0 Å². The zero-order chi connectivity index (χ0) is 23.2. The molecule has 0 spiro atoms. The van der Waals surface area contributed by atoms with Gasteiger partial charge in [-0.1, -0.05) is 54.6 Å². The van der Waals surface area contributed by atoms with Crippen LogP contribution in [0.1, 0.15) is 31.3 Å². The van der Waals surface area contributed by atoms with Gasteiger partial charge in [0.15, 0.2) is 5.82 Å². The SMILES string of the molecule is COC(=O)c1cccc(C(=O)NNC(=O)c2nc(-c3ccccc3)n(-c3ccccc3)n2)c1. The van der Waals surface area contributed by atoms with E-state index in [2.05, 4.69) is 25.7 Å². The van der Waals surface area contributed by atoms with Crippen molar-refractivity contribution in [1.82, 2.24) is 25.6 Å². The van der Waals surface area contributed by atoms with Gasteiger partial charge in [0, 0.05) is 11.1 Å². The van der Waals surface area contributed by atoms with E-state index in [1.165, 1.54) is 31.4 Å². The Morgan fingerprint density at radius 3 is 2.12 bits per heavy atom. The molecule has 0 fully saturated rings. The van der Waals surface area contributed by atoms with Crippen LogP contribution in [0.25, 0.3) is 17.1 Å². The zero-order valence-corrected chi connectivity index (χ0v) is 17.6. The molecule has 164 valence electrons. The lowest BCUT2D eigenvalue weighted by Gasteiger charge is -2.06. The van der Waals surface area contributed by atoms with E-state index in [1.807, 2.05) is 60.7 Å². The van der Waals surface area contributed by atoms with Gasteiger partial charge in [0.1, 0.15) is 0 Å². The Morgan fingerprint density at radius 2 is 1.42 bits per heavy atom. The fourth-order valence-electron chi connectivity index (χ4n) is 3.08. The van der Waals surface area contributed by atoms with Crippen LogP contribution in [-0.4, -0.2) is 39.7 Å². The number of esters is 1. The van der Waals surface area contributed by atoms with E-state index >= 15 is 0 Å². The first-order valence-corrected chi connectivity index (χ1v) is 9.94. The van der Waals surface area contributed by atoms with Gasteiger partial charge in [-0.05, 0) is 30.3 Å². The Labute approximate surface area is 189 Å². The normalized spacial score (nSPS) is 10.3. The number of para-hydroxylation sites is 1. The first-order chi connectivity index (χ1) is 16.1. The molecule has 0 saturated carbocycles. The summed E-state index contributed by atoms with van der Waals surface area (Å²) < 4.78 is 6.22. The Morgan fingerprint density at radius 1 is 0.788 bits per heavy atom. The van der Waals surface area contributed by atoms with Crippen LogP contribution in [0.4, 0.5) is 0 Å². The maximum absolute atomic E-state index is 12.7. The van der Waals surface area contributed by atoms with Crippen molar-refractivity contribution in [2.24, 2.45) is 0 Å². The van der Waals surface area contributed by atoms with Gasteiger partial charge < -0.3 is 4.74 Å². The largest absolute Gasteiger partial charge is 0.465 e. The molecule has 0 aliphatic rings. The minimum Gasteiger partial charge on any atom is -0.465 e. The third kappa shape index (κ3) is 4.77. The standard InChI is InChI=1S/C24H19N5O4/c1-33-24(32)18-12-8-11-17(15-18)22(30)26-27-23(31)20-25-21(16-9-4-2-5-10-16)29(28-20)19-13-6-3-7-14-19/h2-15H,1H3,(H,26,30)(H,27,31). The summed E-state index contributed by atoms with van der Waals surface area (Å²) in [5, 5.41) is 4.34. The van der Waals surface area contributed by atoms with E-state index in [1.54, 1.807) is 4.68 Å². The first-order valence-electron chi connectivity index (χ1n) is 9.94. The molecule has 1 aromatic heterocycles. The van der Waals surface area contributed by atoms with Crippen molar-refractivity contribution >= 4 is 17.8 Å². The predicted octanol–water partition coefficient (Wildman–Crippen LogP) is 2.80. The van der Waals surface area contributed by atoms with Crippen molar-refractivity contribution in [2.45, 2.75) is 0 Å². The summed E-state index contributed by atoms with van der Waals surface area (Å²) in [6, 6.07) is 24.5. The molecule has 2 amide bonds. The number of hydrogen-bond acceptors (Lipinski definition) is 6. The highest BCUT2D eigenvalue weighted by molar-refractivity contribution is 5.99. The maximum atomic E-state index is 12.7. The number of hydrogen-bond donors (Lipinski definition) is 2. The molecule has 0 aliphatic heterocycles. The average molecular weight is 441 g/mol. The zero-order valence-electron chi connectivity index (χ0n) is 17.6. The lowest BCUT2D eigenvalue weighted by atomic mass is 10.1. The van der Waals surface area contributed by atoms with Crippen LogP contribution in [0.2, 0.25) is 0 Å². The molecular formula is C24H19N5O4. The number of ether oxygens (including phenoxy) is 1. The molecule has 4 aromatic rings. The van der Waals surface area contributed by atoms with Crippen LogP contribution < -0.4 is 10.9 Å². The molecule has 1 heterocycles. The number of aromatic nitrogens is 3. The van der Waals surface area contributed by atoms with Gasteiger partial charge in [-0.15, -0.1) is 5.10 Å². The molecule has 0 bridgehead atoms. The van der Waals surface area contributed by atoms with Crippen LogP contribution in [0.5, 0.6) is 0 Å². The number of nitrogens with one attached hydrogen (secondary N) is 2. The van der Waals surface area contributed by atoms with E-state index in [0.717, 1.165) is 11.3 Å². The van der Waals surface area contributed by atoms with Crippen molar-refractivity contribution in [3.63, 3.8) is 0 Å². The molecule has 0 radical (unpaired) electrons. The van der Waals surface area contributed by atoms with Gasteiger partial charge in [0.05, 0.1) is 18.4 Å². The van der Waals surface area contributed by atoms with Crippen molar-refractivity contribution in [2.75, 3.05) is 7.11 Å². The topological polar surface area (TPSA) is 115 Å². The fourth-order valence-corrected chi connectivity index (χ4v) is 3.08. The number of benzene rings is 3. The van der Waals surface area contributed by atoms with E-state index in [4.69, 9.17) is 0 Å². The van der Waals surface area contributed by atoms with Crippen molar-refractivity contribution in [3.05, 3.63) is 102 Å². The Balaban J connectivity index is 1.55. The fraction of sp³-hybridized carbons (Fsp3) is 0.0417. The molecule has 0 unspecified atom stereocenters. The minimum absolute atomic E-state index is 0.124. The van der Waals surface area contributed by atoms with Gasteiger partial charge in [-0.2, -0.15) is 0 Å². The van der Waals surface area contributed by atoms with Gasteiger partial charge in [-0.3, -0.25) is 20.4 Å². The lowest BCUT2D eigenvalue weighted by Crippen LogP contribution is -2.42. The van der Waals surface area contributed by atoms with Gasteiger partial charge in [0.2, 0.25) is 5.82 Å². The summed E-state index contributed by atoms with van der Waals surface area (Å²) in [6.07, 6.45) is 0. The van der Waals surface area contributed by atoms with Gasteiger partial charge >= 0.3 is 11.9 Å². The summed E-state index contributed by atoms with van der Waals surface area (Å²) >= 11 is 0. The highest BCUT2D eigenvalue weighted by Gasteiger charge is 2.19. The van der Waals surface area contributed by atoms with Gasteiger partial charge in [0.25, 0.3) is 5.91 Å². The van der Waals surface area contributed by atoms with Crippen LogP contribution in [0, 0.1) is 0 Å². The molecule has 9 heteroatoms. The number of amides is 2. The summed E-state index contributed by atoms with van der Waals surface area (Å²) in [4.78, 5) is 41.2. The third-order valence-corrected chi connectivity index (χ3v) is 4.68. The van der Waals surface area contributed by atoms with E-state index in [9.17, 15) is 14.4 Å². The van der Waals surface area contributed by atoms with E-state index in [-0.39, 0.29) is 17.0 Å². The van der Waals surface area contributed by atoms with Crippen LogP contribution in [0.15, 0.2) is 84.9 Å². The molecule has 9 nitrogen and oxygen atoms in total. The Kier molecular flexibility index (Phi) is 6.21. The van der Waals surface area contributed by atoms with Gasteiger partial charge in [-0.25, -0.2) is 14.5 Å². The third-order valence-electron chi connectivity index (χ3n) is 4.68. The number of nitrogens with zero attached hydrogens (tertiary/aromatic N) is 3. The lowest BCUT2D eigenvalue weighted by molar-refractivity contribution is 0.0600. The maximum Gasteiger partial charge on any atom is 0.337 e. The highest BCUT2D eigenvalue weighted by Crippen LogP contribution is 2.20. The average Bonchev–Trinajstić information content (AvgIpc) is 3.33. The van der Waals surface area contributed by atoms with Crippen LogP contribution >= 0.6 is 0 Å². The monoisotopic (exact) mass is 441 g/mol. The second-order valence-electron chi connectivity index (χ2n) is 6.85. The predicted molar refractivity (Wildman–Crippen MR) is 120 cm³/mol. The van der Waals surface area contributed by atoms with E-state index in [0.29, 0.717) is 5.82 Å². The summed E-state index contributed by atoms with van der Waals surface area (Å²) in [6.45, 7) is 0. The second-order valence-corrected chi connectivity index (χ2v) is 6.85. The number of methoxy groups -OCH3 is 1. The number of hydrazine groups is 1.